The Morgan fingerprint density at radius 3 is 0.654 bits per heavy atom. The summed E-state index contributed by atoms with van der Waals surface area (Å²) in [6.45, 7) is 32.4. The average molecular weight is 1820 g/mol. The van der Waals surface area contributed by atoms with Gasteiger partial charge in [-0.05, 0) is 188 Å². The molecule has 0 aliphatic rings. The summed E-state index contributed by atoms with van der Waals surface area (Å²) in [5.74, 6) is -2.60. The summed E-state index contributed by atoms with van der Waals surface area (Å²) < 4.78 is 30.9. The first-order valence-corrected chi connectivity index (χ1v) is 47.3. The minimum atomic E-state index is -0.625. The predicted molar refractivity (Wildman–Crippen MR) is 518 cm³/mol. The maximum absolute atomic E-state index is 11.9. The van der Waals surface area contributed by atoms with Gasteiger partial charge in [-0.2, -0.15) is 31.6 Å². The number of carbonyl (C=O) groups is 6. The van der Waals surface area contributed by atoms with Gasteiger partial charge in [0.15, 0.2) is 0 Å². The molecule has 0 aliphatic heterocycles. The molecule has 0 aliphatic carbocycles. The fourth-order valence-electron chi connectivity index (χ4n) is 11.0. The Morgan fingerprint density at radius 1 is 0.269 bits per heavy atom. The van der Waals surface area contributed by atoms with Gasteiger partial charge in [-0.1, -0.05) is 209 Å². The standard InChI is InChI=1S/C18H30N2O4.2C18H30N2O2.C16H26N2O4.2C16H26N2O2/c1-2-3-4-5-6-7-15-24-18(23)17(16-19)9-8-10-20(11-13-21)12-14-22;1-5-9-11-16(6-2)15-22-18(21)17(14-19)12-10-13-20(7-3)8-4;1-4-7-8-9-10-11-15-22-18(21)17(16-19)13-12-14-20(5-2)6-3;1-2-3-4-5-13-22-16(21)15(14-17)7-6-8-18(9-11-19)10-12-20;1-5-7-9-14(6-2)13-20-16(19)15(12-17)10-8-11-18(3)4;1-4-5-6-7-8-9-13-20-16(19)15(14-17)11-10-12-18(2)3/h8-10,21-22H,2-7,11-15H2,1H3;10,12-13,16H,5-9,11,15H2,1-4H3;12-14H,4-11,15H2,1-3H3;6-8,19-20H,2-5,9-13H2,1H3;8,10-11,14H,5-7,9,13H2,1-4H3;10-12H,4-9,13H2,1-3H3/b10-8+,17-9-;13-10+,17-12-;14-12+,17-13-;8-6+,15-7-;11-8+,15-10-;12-10+,15-11-. The van der Waals surface area contributed by atoms with E-state index >= 15 is 0 Å². The second kappa shape index (κ2) is 100. The summed E-state index contributed by atoms with van der Waals surface area (Å²) in [6.07, 6.45) is 62.1. The molecular formula is C102H168N12O16. The topological polar surface area (TPSA) is 401 Å². The van der Waals surface area contributed by atoms with E-state index in [1.54, 1.807) is 58.9 Å². The number of hydrogen-bond acceptors (Lipinski definition) is 28. The molecule has 130 heavy (non-hydrogen) atoms. The quantitative estimate of drug-likeness (QED) is 0.0110. The molecule has 0 spiro atoms. The van der Waals surface area contributed by atoms with Crippen LogP contribution in [0.4, 0.5) is 0 Å². The van der Waals surface area contributed by atoms with Crippen molar-refractivity contribution in [2.45, 2.75) is 276 Å². The molecule has 0 radical (unpaired) electrons. The molecule has 28 heteroatoms. The van der Waals surface area contributed by atoms with Gasteiger partial charge in [-0.3, -0.25) is 0 Å². The Balaban J connectivity index is -0.000000355. The van der Waals surface area contributed by atoms with E-state index in [-0.39, 0.29) is 59.9 Å². The number of ether oxygens (including phenoxy) is 6. The fraction of sp³-hybridized carbons (Fsp3) is 0.647. The summed E-state index contributed by atoms with van der Waals surface area (Å²) in [5.41, 5.74) is 0.0375. The van der Waals surface area contributed by atoms with Crippen molar-refractivity contribution in [3.63, 3.8) is 0 Å². The third kappa shape index (κ3) is 84.1. The van der Waals surface area contributed by atoms with E-state index in [2.05, 4.69) is 92.9 Å². The molecule has 4 N–H and O–H groups in total. The minimum Gasteiger partial charge on any atom is -0.462 e. The Morgan fingerprint density at radius 2 is 0.462 bits per heavy atom. The third-order valence-corrected chi connectivity index (χ3v) is 19.2. The van der Waals surface area contributed by atoms with E-state index in [0.29, 0.717) is 77.7 Å². The lowest BCUT2D eigenvalue weighted by molar-refractivity contribution is -0.140. The van der Waals surface area contributed by atoms with Crippen LogP contribution in [0.25, 0.3) is 0 Å². The van der Waals surface area contributed by atoms with Crippen molar-refractivity contribution in [3.05, 3.63) is 144 Å². The lowest BCUT2D eigenvalue weighted by Crippen LogP contribution is -2.24. The van der Waals surface area contributed by atoms with Gasteiger partial charge in [0.1, 0.15) is 69.9 Å². The zero-order valence-electron chi connectivity index (χ0n) is 82.5. The number of aliphatic hydroxyl groups is 4. The number of rotatable bonds is 68. The maximum Gasteiger partial charge on any atom is 0.348 e. The molecule has 0 saturated heterocycles. The Kier molecular flexibility index (Phi) is 100. The lowest BCUT2D eigenvalue weighted by Gasteiger charge is -2.16. The number of unbranched alkanes of at least 4 members (excludes halogenated alkanes) is 20. The van der Waals surface area contributed by atoms with Crippen molar-refractivity contribution in [1.82, 2.24) is 29.4 Å². The highest BCUT2D eigenvalue weighted by atomic mass is 16.6. The highest BCUT2D eigenvalue weighted by molar-refractivity contribution is 5.95. The van der Waals surface area contributed by atoms with Gasteiger partial charge < -0.3 is 78.2 Å². The Labute approximate surface area is 784 Å². The van der Waals surface area contributed by atoms with Crippen molar-refractivity contribution in [3.8, 4) is 36.4 Å². The summed E-state index contributed by atoms with van der Waals surface area (Å²) in [7, 11) is 7.48. The third-order valence-electron chi connectivity index (χ3n) is 19.2. The highest BCUT2D eigenvalue weighted by Gasteiger charge is 2.18. The normalized spacial score (nSPS) is 12.0. The molecule has 2 unspecified atom stereocenters. The van der Waals surface area contributed by atoms with Crippen LogP contribution in [0.15, 0.2) is 144 Å². The molecule has 0 rings (SSSR count). The summed E-state index contributed by atoms with van der Waals surface area (Å²) in [4.78, 5) is 81.8. The first-order valence-electron chi connectivity index (χ1n) is 47.3. The second-order valence-corrected chi connectivity index (χ2v) is 30.5. The first kappa shape index (κ1) is 130. The van der Waals surface area contributed by atoms with Crippen LogP contribution in [0, 0.1) is 79.8 Å². The van der Waals surface area contributed by atoms with E-state index in [9.17, 15) is 28.8 Å². The molecule has 0 heterocycles. The van der Waals surface area contributed by atoms with Gasteiger partial charge in [-0.25, -0.2) is 28.8 Å². The Hall–Kier alpha value is -10.7. The van der Waals surface area contributed by atoms with Crippen LogP contribution < -0.4 is 0 Å². The average Bonchev–Trinajstić information content (AvgIpc) is 0.919. The highest BCUT2D eigenvalue weighted by Crippen LogP contribution is 2.17. The van der Waals surface area contributed by atoms with Crippen molar-refractivity contribution in [2.24, 2.45) is 11.8 Å². The van der Waals surface area contributed by atoms with E-state index in [1.807, 2.05) is 86.8 Å². The van der Waals surface area contributed by atoms with Crippen molar-refractivity contribution in [1.29, 1.82) is 31.6 Å². The molecule has 0 amide bonds. The molecule has 28 nitrogen and oxygen atoms in total. The monoisotopic (exact) mass is 1820 g/mol. The molecule has 0 fully saturated rings. The number of carbonyl (C=O) groups excluding carboxylic acids is 6. The lowest BCUT2D eigenvalue weighted by atomic mass is 10.0. The van der Waals surface area contributed by atoms with Crippen LogP contribution in [0.1, 0.15) is 276 Å². The van der Waals surface area contributed by atoms with Crippen molar-refractivity contribution < 1.29 is 77.6 Å². The van der Waals surface area contributed by atoms with E-state index in [0.717, 1.165) is 148 Å². The molecule has 2 atom stereocenters. The number of esters is 6. The molecule has 732 valence electrons. The van der Waals surface area contributed by atoms with Gasteiger partial charge in [0.05, 0.1) is 66.1 Å². The molecule has 0 bridgehead atoms. The van der Waals surface area contributed by atoms with Gasteiger partial charge in [-0.15, -0.1) is 0 Å². The van der Waals surface area contributed by atoms with Gasteiger partial charge in [0.2, 0.25) is 0 Å². The number of nitriles is 6. The van der Waals surface area contributed by atoms with Crippen LogP contribution in [0.2, 0.25) is 0 Å². The van der Waals surface area contributed by atoms with Gasteiger partial charge in [0.25, 0.3) is 0 Å². The van der Waals surface area contributed by atoms with E-state index < -0.39 is 35.8 Å². The van der Waals surface area contributed by atoms with Crippen molar-refractivity contribution >= 4 is 35.8 Å². The zero-order chi connectivity index (χ0) is 98.7. The van der Waals surface area contributed by atoms with Gasteiger partial charge in [0, 0.05) is 80.5 Å². The second-order valence-electron chi connectivity index (χ2n) is 30.5. The zero-order valence-corrected chi connectivity index (χ0v) is 82.5. The van der Waals surface area contributed by atoms with Crippen LogP contribution in [-0.4, -0.2) is 232 Å². The molecule has 0 saturated carbocycles. The number of nitrogens with zero attached hydrogens (tertiary/aromatic N) is 12. The summed E-state index contributed by atoms with van der Waals surface area (Å²) in [6, 6.07) is 11.2. The molecular weight excluding hydrogens is 1650 g/mol. The van der Waals surface area contributed by atoms with Gasteiger partial charge >= 0.3 is 35.8 Å². The Bertz CT molecular complexity index is 3530. The molecule has 0 aromatic carbocycles. The number of hydrogen-bond donors (Lipinski definition) is 4. The maximum atomic E-state index is 11.9. The fourth-order valence-corrected chi connectivity index (χ4v) is 11.0. The van der Waals surface area contributed by atoms with Crippen LogP contribution in [0.5, 0.6) is 0 Å². The molecule has 0 aromatic rings. The smallest absolute Gasteiger partial charge is 0.348 e. The minimum absolute atomic E-state index is 0.0356. The van der Waals surface area contributed by atoms with Crippen LogP contribution in [-0.2, 0) is 57.2 Å². The van der Waals surface area contributed by atoms with E-state index in [4.69, 9.17) is 80.4 Å². The summed E-state index contributed by atoms with van der Waals surface area (Å²) in [5, 5.41) is 89.4. The molecule has 0 aromatic heterocycles. The summed E-state index contributed by atoms with van der Waals surface area (Å²) >= 11 is 0. The predicted octanol–water partition coefficient (Wildman–Crippen LogP) is 18.4. The first-order chi connectivity index (χ1) is 62.8. The van der Waals surface area contributed by atoms with Crippen LogP contribution in [0.3, 0.4) is 0 Å². The SMILES string of the molecule is CCCCC(CC)COC(=O)/C(C#N)=C\C=C\N(C)C.CCCCC(CC)COC(=O)/C(C#N)=C\C=C\N(CC)CC.CCCCCCCCOC(=O)/C(C#N)=C\C=C\N(C)C.CCCCCCCCOC(=O)/C(C#N)=C\C=C\N(CC)CC.CCCCCCCCOC(=O)/C(C#N)=C\C=C\N(CCO)CCO.CCCCCCOC(=O)/C(C#N)=C\C=C\N(CCO)CCO. The largest absolute Gasteiger partial charge is 0.462 e. The van der Waals surface area contributed by atoms with E-state index in [1.165, 1.54) is 119 Å². The van der Waals surface area contributed by atoms with Crippen LogP contribution >= 0.6 is 0 Å². The van der Waals surface area contributed by atoms with Crippen molar-refractivity contribution in [2.75, 3.05) is 147 Å². The number of allylic oxidation sites excluding steroid dienone is 12. The number of aliphatic hydroxyl groups excluding tert-OH is 4.